The van der Waals surface area contributed by atoms with Gasteiger partial charge < -0.3 is 9.47 Å². The average molecular weight is 467 g/mol. The molecule has 0 unspecified atom stereocenters. The third-order valence-electron chi connectivity index (χ3n) is 6.98. The third kappa shape index (κ3) is 6.25. The van der Waals surface area contributed by atoms with Gasteiger partial charge in [-0.1, -0.05) is 31.7 Å². The van der Waals surface area contributed by atoms with Gasteiger partial charge in [-0.25, -0.2) is 14.8 Å². The average Bonchev–Trinajstić information content (AvgIpc) is 2.83. The van der Waals surface area contributed by atoms with Crippen LogP contribution in [0.5, 0.6) is 0 Å². The van der Waals surface area contributed by atoms with Crippen LogP contribution in [0, 0.1) is 0 Å². The van der Waals surface area contributed by atoms with Crippen LogP contribution in [0.2, 0.25) is 0 Å². The molecule has 2 saturated carbocycles. The lowest BCUT2D eigenvalue weighted by Crippen LogP contribution is -2.37. The number of ether oxygens (including phenoxy) is 2. The first-order chi connectivity index (χ1) is 15.4. The monoisotopic (exact) mass is 466 g/mol. The number of hydrogen-bond acceptors (Lipinski definition) is 8. The summed E-state index contributed by atoms with van der Waals surface area (Å²) in [6.45, 7) is 4.07. The first-order valence-electron chi connectivity index (χ1n) is 11.7. The summed E-state index contributed by atoms with van der Waals surface area (Å²) < 4.78 is 16.5. The largest absolute Gasteiger partial charge is 0.455 e. The van der Waals surface area contributed by atoms with Gasteiger partial charge in [-0.15, -0.1) is 4.33 Å². The third-order valence-corrected chi connectivity index (χ3v) is 7.53. The van der Waals surface area contributed by atoms with E-state index in [1.54, 1.807) is 12.1 Å². The van der Waals surface area contributed by atoms with E-state index in [0.29, 0.717) is 16.9 Å². The van der Waals surface area contributed by atoms with E-state index in [-0.39, 0.29) is 11.1 Å². The highest BCUT2D eigenvalue weighted by Crippen LogP contribution is 2.37. The van der Waals surface area contributed by atoms with Crippen molar-refractivity contribution in [3.8, 4) is 0 Å². The van der Waals surface area contributed by atoms with E-state index in [0.717, 1.165) is 77.0 Å². The summed E-state index contributed by atoms with van der Waals surface area (Å²) in [7, 11) is 0. The Kier molecular flexibility index (Phi) is 8.99. The number of carbonyl (C=O) groups is 2. The van der Waals surface area contributed by atoms with E-state index in [2.05, 4.69) is 9.37 Å². The van der Waals surface area contributed by atoms with Crippen molar-refractivity contribution in [2.75, 3.05) is 0 Å². The van der Waals surface area contributed by atoms with Crippen molar-refractivity contribution in [2.45, 2.75) is 107 Å². The van der Waals surface area contributed by atoms with E-state index >= 15 is 0 Å². The van der Waals surface area contributed by atoms with Gasteiger partial charge in [-0.2, -0.15) is 0 Å². The predicted molar refractivity (Wildman–Crippen MR) is 120 cm³/mol. The van der Waals surface area contributed by atoms with Crippen molar-refractivity contribution < 1.29 is 33.7 Å². The predicted octanol–water partition coefficient (Wildman–Crippen LogP) is 6.65. The molecule has 1 aromatic rings. The molecule has 0 saturated heterocycles. The van der Waals surface area contributed by atoms with E-state index in [9.17, 15) is 9.59 Å². The lowest BCUT2D eigenvalue weighted by Gasteiger charge is -2.36. The molecular weight excluding hydrogens is 432 g/mol. The fraction of sp³-hybridized carbons (Fsp3) is 0.667. The molecule has 2 aliphatic carbocycles. The summed E-state index contributed by atoms with van der Waals surface area (Å²) in [5.41, 5.74) is -0.427. The van der Waals surface area contributed by atoms with Crippen LogP contribution in [-0.2, 0) is 18.8 Å². The number of benzene rings is 1. The molecule has 2 fully saturated rings. The second kappa shape index (κ2) is 11.5. The second-order valence-electron chi connectivity index (χ2n) is 8.95. The molecule has 7 nitrogen and oxygen atoms in total. The Morgan fingerprint density at radius 3 is 1.62 bits per heavy atom. The second-order valence-corrected chi connectivity index (χ2v) is 9.72. The van der Waals surface area contributed by atoms with Gasteiger partial charge in [0.2, 0.25) is 0 Å². The van der Waals surface area contributed by atoms with Crippen LogP contribution < -0.4 is 0 Å². The van der Waals surface area contributed by atoms with Gasteiger partial charge in [-0.3, -0.25) is 0 Å². The molecule has 32 heavy (non-hydrogen) atoms. The summed E-state index contributed by atoms with van der Waals surface area (Å²) in [5, 5.41) is 12.2. The Morgan fingerprint density at radius 1 is 0.812 bits per heavy atom. The molecule has 0 aliphatic heterocycles. The van der Waals surface area contributed by atoms with Crippen molar-refractivity contribution >= 4 is 24.0 Å². The lowest BCUT2D eigenvalue weighted by molar-refractivity contribution is -0.432. The number of carbonyl (C=O) groups excluding carboxylic acids is 2. The summed E-state index contributed by atoms with van der Waals surface area (Å²) >= 11 is 0.698. The summed E-state index contributed by atoms with van der Waals surface area (Å²) in [4.78, 5) is 26.6. The molecule has 2 aliphatic rings. The maximum atomic E-state index is 13.1. The van der Waals surface area contributed by atoms with Gasteiger partial charge in [0.15, 0.2) is 0 Å². The van der Waals surface area contributed by atoms with Gasteiger partial charge in [0.25, 0.3) is 0 Å². The van der Waals surface area contributed by atoms with Gasteiger partial charge in [0, 0.05) is 4.90 Å². The first kappa shape index (κ1) is 25.0. The quantitative estimate of drug-likeness (QED) is 0.187. The molecule has 0 heterocycles. The number of rotatable bonds is 9. The minimum absolute atomic E-state index is 0.246. The van der Waals surface area contributed by atoms with Crippen LogP contribution in [0.25, 0.3) is 0 Å². The highest BCUT2D eigenvalue weighted by Gasteiger charge is 2.36. The van der Waals surface area contributed by atoms with Gasteiger partial charge in [0.05, 0.1) is 23.2 Å². The van der Waals surface area contributed by atoms with Crippen molar-refractivity contribution in [1.82, 2.24) is 0 Å². The SMILES string of the molecule is CCC1(OC(=O)c2cc(SOOO)cc(C(=O)OC3(CC)CCCCC3)c2)CCCCC1. The first-order valence-corrected chi connectivity index (χ1v) is 12.5. The molecule has 0 spiro atoms. The fourth-order valence-electron chi connectivity index (χ4n) is 4.90. The van der Waals surface area contributed by atoms with Crippen molar-refractivity contribution in [3.05, 3.63) is 29.3 Å². The highest BCUT2D eigenvalue weighted by atomic mass is 32.2. The topological polar surface area (TPSA) is 91.3 Å². The highest BCUT2D eigenvalue weighted by molar-refractivity contribution is 7.94. The summed E-state index contributed by atoms with van der Waals surface area (Å²) in [5.74, 6) is -0.948. The molecule has 1 aromatic carbocycles. The van der Waals surface area contributed by atoms with Crippen LogP contribution in [0.1, 0.15) is 112 Å². The molecule has 8 heteroatoms. The molecule has 0 bridgehead atoms. The molecule has 178 valence electrons. The minimum Gasteiger partial charge on any atom is -0.455 e. The van der Waals surface area contributed by atoms with Crippen LogP contribution in [0.3, 0.4) is 0 Å². The molecule has 0 amide bonds. The van der Waals surface area contributed by atoms with Gasteiger partial charge in [-0.05, 0) is 82.4 Å². The summed E-state index contributed by atoms with van der Waals surface area (Å²) in [6.07, 6.45) is 11.3. The van der Waals surface area contributed by atoms with E-state index < -0.39 is 23.1 Å². The molecule has 1 N–H and O–H groups in total. The normalized spacial score (nSPS) is 19.8. The minimum atomic E-state index is -0.474. The Balaban J connectivity index is 1.83. The summed E-state index contributed by atoms with van der Waals surface area (Å²) in [6, 6.07) is 4.64. The molecule has 0 atom stereocenters. The standard InChI is InChI=1S/C24H34O7S/c1-3-23(11-7-5-8-12-23)28-21(25)18-15-19(17-20(16-18)32-31-30-27)22(26)29-24(4-2)13-9-6-10-14-24/h15-17,27H,3-14H2,1-2H3. The van der Waals surface area contributed by atoms with Gasteiger partial charge in [0.1, 0.15) is 11.2 Å². The van der Waals surface area contributed by atoms with Crippen LogP contribution in [0.15, 0.2) is 23.1 Å². The Labute approximate surface area is 194 Å². The maximum absolute atomic E-state index is 13.1. The fourth-order valence-corrected chi connectivity index (χ4v) is 5.36. The van der Waals surface area contributed by atoms with Crippen molar-refractivity contribution in [2.24, 2.45) is 0 Å². The number of hydrogen-bond donors (Lipinski definition) is 1. The van der Waals surface area contributed by atoms with Gasteiger partial charge >= 0.3 is 11.9 Å². The Morgan fingerprint density at radius 2 is 1.25 bits per heavy atom. The maximum Gasteiger partial charge on any atom is 0.338 e. The van der Waals surface area contributed by atoms with Crippen LogP contribution in [-0.4, -0.2) is 28.4 Å². The van der Waals surface area contributed by atoms with Crippen molar-refractivity contribution in [1.29, 1.82) is 0 Å². The smallest absolute Gasteiger partial charge is 0.338 e. The zero-order valence-electron chi connectivity index (χ0n) is 19.0. The Hall–Kier alpha value is -1.61. The van der Waals surface area contributed by atoms with E-state index in [4.69, 9.17) is 14.7 Å². The van der Waals surface area contributed by atoms with Crippen molar-refractivity contribution in [3.63, 3.8) is 0 Å². The molecule has 0 radical (unpaired) electrons. The zero-order chi connectivity index (χ0) is 23.0. The number of esters is 2. The molecule has 3 rings (SSSR count). The molecule has 0 aromatic heterocycles. The Bertz CT molecular complexity index is 724. The molecular formula is C24H34O7S. The zero-order valence-corrected chi connectivity index (χ0v) is 19.8. The lowest BCUT2D eigenvalue weighted by atomic mass is 9.82. The van der Waals surface area contributed by atoms with E-state index in [1.807, 2.05) is 13.8 Å². The van der Waals surface area contributed by atoms with E-state index in [1.165, 1.54) is 6.07 Å². The van der Waals surface area contributed by atoms with Crippen LogP contribution in [0.4, 0.5) is 0 Å². The van der Waals surface area contributed by atoms with Crippen LogP contribution >= 0.6 is 12.0 Å².